The lowest BCUT2D eigenvalue weighted by atomic mass is 9.99. The highest BCUT2D eigenvalue weighted by Gasteiger charge is 2.14. The highest BCUT2D eigenvalue weighted by Crippen LogP contribution is 2.18. The molecule has 1 atom stereocenters. The van der Waals surface area contributed by atoms with Crippen LogP contribution in [0.4, 0.5) is 0 Å². The molecule has 1 aromatic heterocycles. The zero-order chi connectivity index (χ0) is 14.7. The molecule has 1 aromatic carbocycles. The van der Waals surface area contributed by atoms with Crippen molar-refractivity contribution in [2.24, 2.45) is 5.92 Å². The Labute approximate surface area is 124 Å². The van der Waals surface area contributed by atoms with Crippen LogP contribution in [0.1, 0.15) is 31.7 Å². The van der Waals surface area contributed by atoms with Crippen LogP contribution in [-0.2, 0) is 17.7 Å². The summed E-state index contributed by atoms with van der Waals surface area (Å²) < 4.78 is 7.24. The van der Waals surface area contributed by atoms with Crippen LogP contribution in [0.5, 0.6) is 0 Å². The maximum absolute atomic E-state index is 12.6. The van der Waals surface area contributed by atoms with Crippen molar-refractivity contribution in [3.63, 3.8) is 0 Å². The van der Waals surface area contributed by atoms with Crippen LogP contribution < -0.4 is 5.56 Å². The fourth-order valence-electron chi connectivity index (χ4n) is 2.94. The molecule has 0 saturated carbocycles. The van der Waals surface area contributed by atoms with E-state index < -0.39 is 0 Å². The van der Waals surface area contributed by atoms with Crippen molar-refractivity contribution in [3.05, 3.63) is 40.4 Å². The predicted octanol–water partition coefficient (Wildman–Crippen LogP) is 2.78. The van der Waals surface area contributed by atoms with Gasteiger partial charge >= 0.3 is 0 Å². The monoisotopic (exact) mass is 286 g/mol. The standard InChI is InChI=1S/C17H22N2O2/c1-2-13-5-6-16-15(10-13)17(20)19(12-18-16)8-7-14-4-3-9-21-11-14/h5-6,10,12,14H,2-4,7-9,11H2,1H3/t14-/m0/s1. The van der Waals surface area contributed by atoms with Gasteiger partial charge in [-0.05, 0) is 49.3 Å². The quantitative estimate of drug-likeness (QED) is 0.868. The number of hydrogen-bond donors (Lipinski definition) is 0. The maximum Gasteiger partial charge on any atom is 0.261 e. The molecule has 0 N–H and O–H groups in total. The molecule has 0 spiro atoms. The summed E-state index contributed by atoms with van der Waals surface area (Å²) in [6.45, 7) is 4.54. The SMILES string of the molecule is CCc1ccc2ncn(CC[C@@H]3CCCOC3)c(=O)c2c1. The highest BCUT2D eigenvalue weighted by molar-refractivity contribution is 5.78. The normalized spacial score (nSPS) is 19.0. The van der Waals surface area contributed by atoms with E-state index in [1.54, 1.807) is 10.9 Å². The summed E-state index contributed by atoms with van der Waals surface area (Å²) in [6, 6.07) is 5.96. The second kappa shape index (κ2) is 6.39. The summed E-state index contributed by atoms with van der Waals surface area (Å²) in [5, 5.41) is 0.733. The molecule has 21 heavy (non-hydrogen) atoms. The molecular formula is C17H22N2O2. The minimum atomic E-state index is 0.0760. The van der Waals surface area contributed by atoms with E-state index in [1.165, 1.54) is 12.0 Å². The molecule has 2 heterocycles. The smallest absolute Gasteiger partial charge is 0.261 e. The molecule has 4 nitrogen and oxygen atoms in total. The van der Waals surface area contributed by atoms with Gasteiger partial charge in [0.2, 0.25) is 0 Å². The van der Waals surface area contributed by atoms with Crippen LogP contribution in [0.3, 0.4) is 0 Å². The molecule has 0 bridgehead atoms. The Hall–Kier alpha value is -1.68. The van der Waals surface area contributed by atoms with E-state index >= 15 is 0 Å². The molecule has 1 aliphatic heterocycles. The van der Waals surface area contributed by atoms with E-state index in [4.69, 9.17) is 4.74 Å². The summed E-state index contributed by atoms with van der Waals surface area (Å²) in [4.78, 5) is 17.0. The van der Waals surface area contributed by atoms with Crippen molar-refractivity contribution in [1.29, 1.82) is 0 Å². The Morgan fingerprint density at radius 1 is 1.43 bits per heavy atom. The van der Waals surface area contributed by atoms with Crippen LogP contribution >= 0.6 is 0 Å². The second-order valence-corrected chi connectivity index (χ2v) is 5.82. The molecule has 1 fully saturated rings. The fraction of sp³-hybridized carbons (Fsp3) is 0.529. The topological polar surface area (TPSA) is 44.1 Å². The van der Waals surface area contributed by atoms with Gasteiger partial charge in [-0.2, -0.15) is 0 Å². The number of hydrogen-bond acceptors (Lipinski definition) is 3. The molecule has 112 valence electrons. The first kappa shape index (κ1) is 14.3. The van der Waals surface area contributed by atoms with Gasteiger partial charge in [-0.15, -0.1) is 0 Å². The first-order chi connectivity index (χ1) is 10.3. The van der Waals surface area contributed by atoms with E-state index in [9.17, 15) is 4.79 Å². The van der Waals surface area contributed by atoms with Crippen molar-refractivity contribution in [2.45, 2.75) is 39.2 Å². The number of aromatic nitrogens is 2. The lowest BCUT2D eigenvalue weighted by Crippen LogP contribution is -2.24. The lowest BCUT2D eigenvalue weighted by Gasteiger charge is -2.22. The molecule has 0 amide bonds. The summed E-state index contributed by atoms with van der Waals surface area (Å²) in [5.74, 6) is 0.573. The number of fused-ring (bicyclic) bond motifs is 1. The van der Waals surface area contributed by atoms with Gasteiger partial charge < -0.3 is 4.74 Å². The number of benzene rings is 1. The van der Waals surface area contributed by atoms with Crippen molar-refractivity contribution < 1.29 is 4.74 Å². The Bertz CT molecular complexity index is 672. The van der Waals surface area contributed by atoms with Crippen LogP contribution in [0, 0.1) is 5.92 Å². The average Bonchev–Trinajstić information content (AvgIpc) is 2.55. The van der Waals surface area contributed by atoms with Gasteiger partial charge in [-0.1, -0.05) is 13.0 Å². The molecule has 1 saturated heterocycles. The van der Waals surface area contributed by atoms with Crippen molar-refractivity contribution in [1.82, 2.24) is 9.55 Å². The van der Waals surface area contributed by atoms with Crippen LogP contribution in [-0.4, -0.2) is 22.8 Å². The summed E-state index contributed by atoms with van der Waals surface area (Å²) in [7, 11) is 0. The predicted molar refractivity (Wildman–Crippen MR) is 83.5 cm³/mol. The van der Waals surface area contributed by atoms with E-state index in [-0.39, 0.29) is 5.56 Å². The van der Waals surface area contributed by atoms with Crippen molar-refractivity contribution in [2.75, 3.05) is 13.2 Å². The number of rotatable bonds is 4. The van der Waals surface area contributed by atoms with Gasteiger partial charge in [-0.3, -0.25) is 9.36 Å². The first-order valence-corrected chi connectivity index (χ1v) is 7.83. The van der Waals surface area contributed by atoms with Crippen LogP contribution in [0.2, 0.25) is 0 Å². The Morgan fingerprint density at radius 3 is 3.10 bits per heavy atom. The van der Waals surface area contributed by atoms with E-state index in [1.807, 2.05) is 18.2 Å². The van der Waals surface area contributed by atoms with Gasteiger partial charge in [0.1, 0.15) is 0 Å². The zero-order valence-electron chi connectivity index (χ0n) is 12.5. The second-order valence-electron chi connectivity index (χ2n) is 5.82. The molecule has 4 heteroatoms. The number of aryl methyl sites for hydroxylation is 2. The van der Waals surface area contributed by atoms with Gasteiger partial charge in [0.25, 0.3) is 5.56 Å². The van der Waals surface area contributed by atoms with Crippen LogP contribution in [0.15, 0.2) is 29.3 Å². The highest BCUT2D eigenvalue weighted by atomic mass is 16.5. The minimum Gasteiger partial charge on any atom is -0.381 e. The van der Waals surface area contributed by atoms with E-state index in [0.717, 1.165) is 49.9 Å². The van der Waals surface area contributed by atoms with Crippen molar-refractivity contribution in [3.8, 4) is 0 Å². The molecule has 0 radical (unpaired) electrons. The molecule has 1 aliphatic rings. The average molecular weight is 286 g/mol. The summed E-state index contributed by atoms with van der Waals surface area (Å²) >= 11 is 0. The van der Waals surface area contributed by atoms with Gasteiger partial charge in [0.15, 0.2) is 0 Å². The van der Waals surface area contributed by atoms with E-state index in [2.05, 4.69) is 11.9 Å². The van der Waals surface area contributed by atoms with Crippen LogP contribution in [0.25, 0.3) is 10.9 Å². The molecule has 2 aromatic rings. The molecule has 0 unspecified atom stereocenters. The molecule has 0 aliphatic carbocycles. The van der Waals surface area contributed by atoms with Gasteiger partial charge in [0.05, 0.1) is 17.2 Å². The Kier molecular flexibility index (Phi) is 4.34. The Morgan fingerprint density at radius 2 is 2.33 bits per heavy atom. The first-order valence-electron chi connectivity index (χ1n) is 7.83. The van der Waals surface area contributed by atoms with Crippen molar-refractivity contribution >= 4 is 10.9 Å². The maximum atomic E-state index is 12.6. The fourth-order valence-corrected chi connectivity index (χ4v) is 2.94. The third-order valence-electron chi connectivity index (χ3n) is 4.33. The summed E-state index contributed by atoms with van der Waals surface area (Å²) in [6.07, 6.45) is 5.94. The summed E-state index contributed by atoms with van der Waals surface area (Å²) in [5.41, 5.74) is 2.04. The van der Waals surface area contributed by atoms with Gasteiger partial charge in [-0.25, -0.2) is 4.98 Å². The number of ether oxygens (including phenoxy) is 1. The molecular weight excluding hydrogens is 264 g/mol. The molecule has 3 rings (SSSR count). The minimum absolute atomic E-state index is 0.0760. The number of nitrogens with zero attached hydrogens (tertiary/aromatic N) is 2. The van der Waals surface area contributed by atoms with Gasteiger partial charge in [0, 0.05) is 19.8 Å². The Balaban J connectivity index is 1.81. The zero-order valence-corrected chi connectivity index (χ0v) is 12.5. The van der Waals surface area contributed by atoms with E-state index in [0.29, 0.717) is 5.92 Å². The third-order valence-corrected chi connectivity index (χ3v) is 4.33. The lowest BCUT2D eigenvalue weighted by molar-refractivity contribution is 0.0499. The largest absolute Gasteiger partial charge is 0.381 e. The third kappa shape index (κ3) is 3.16.